The maximum absolute atomic E-state index is 14.1. The number of benzene rings is 1. The Morgan fingerprint density at radius 1 is 1.29 bits per heavy atom. The van der Waals surface area contributed by atoms with Crippen molar-refractivity contribution in [1.82, 2.24) is 9.71 Å². The van der Waals surface area contributed by atoms with Crippen LogP contribution in [0.25, 0.3) is 0 Å². The number of aromatic nitrogens is 1. The number of halogens is 2. The fourth-order valence-corrected chi connectivity index (χ4v) is 3.19. The Morgan fingerprint density at radius 2 is 1.95 bits per heavy atom. The second-order valence-corrected chi connectivity index (χ2v) is 6.43. The van der Waals surface area contributed by atoms with Crippen LogP contribution in [0.1, 0.15) is 11.1 Å². The van der Waals surface area contributed by atoms with Crippen molar-refractivity contribution < 1.29 is 12.8 Å². The third-order valence-electron chi connectivity index (χ3n) is 2.80. The molecule has 1 heterocycles. The fourth-order valence-electron chi connectivity index (χ4n) is 1.72. The molecule has 0 fully saturated rings. The summed E-state index contributed by atoms with van der Waals surface area (Å²) in [5, 5.41) is 0.112. The number of nitrogens with one attached hydrogen (secondary N) is 1. The molecular formula is C13H13ClFN3O2S. The van der Waals surface area contributed by atoms with Gasteiger partial charge >= 0.3 is 0 Å². The summed E-state index contributed by atoms with van der Waals surface area (Å²) >= 11 is 5.80. The predicted molar refractivity (Wildman–Crippen MR) is 77.6 cm³/mol. The van der Waals surface area contributed by atoms with Crippen molar-refractivity contribution in [1.29, 1.82) is 0 Å². The minimum atomic E-state index is -4.03. The Kier molecular flexibility index (Phi) is 4.89. The molecule has 0 aliphatic heterocycles. The summed E-state index contributed by atoms with van der Waals surface area (Å²) in [6, 6.07) is 5.67. The number of rotatable bonds is 5. The third-order valence-corrected chi connectivity index (χ3v) is 4.42. The van der Waals surface area contributed by atoms with Crippen LogP contribution in [0.3, 0.4) is 0 Å². The van der Waals surface area contributed by atoms with Crippen molar-refractivity contribution in [3.05, 3.63) is 58.6 Å². The standard InChI is InChI=1S/C13H13ClFN3O2S/c14-11-5-10(7-16)13(15)12(6-11)21(19,20)18-8-9-1-3-17-4-2-9/h1-6,18H,7-8,16H2. The highest BCUT2D eigenvalue weighted by Gasteiger charge is 2.21. The normalized spacial score (nSPS) is 11.6. The lowest BCUT2D eigenvalue weighted by Gasteiger charge is -2.10. The molecule has 1 aromatic heterocycles. The van der Waals surface area contributed by atoms with Gasteiger partial charge in [0.05, 0.1) is 0 Å². The van der Waals surface area contributed by atoms with Gasteiger partial charge < -0.3 is 5.73 Å². The van der Waals surface area contributed by atoms with E-state index in [4.69, 9.17) is 17.3 Å². The van der Waals surface area contributed by atoms with Crippen LogP contribution in [0, 0.1) is 5.82 Å². The molecule has 3 N–H and O–H groups in total. The Hall–Kier alpha value is -1.54. The summed E-state index contributed by atoms with van der Waals surface area (Å²) < 4.78 is 40.8. The zero-order valence-corrected chi connectivity index (χ0v) is 12.5. The highest BCUT2D eigenvalue weighted by molar-refractivity contribution is 7.89. The van der Waals surface area contributed by atoms with Gasteiger partial charge in [-0.2, -0.15) is 0 Å². The summed E-state index contributed by atoms with van der Waals surface area (Å²) in [6.07, 6.45) is 3.08. The number of hydrogen-bond donors (Lipinski definition) is 2. The molecular weight excluding hydrogens is 317 g/mol. The van der Waals surface area contributed by atoms with E-state index in [0.29, 0.717) is 5.56 Å². The molecule has 0 radical (unpaired) electrons. The number of pyridine rings is 1. The fraction of sp³-hybridized carbons (Fsp3) is 0.154. The molecule has 1 aromatic carbocycles. The van der Waals surface area contributed by atoms with Gasteiger partial charge in [-0.25, -0.2) is 17.5 Å². The van der Waals surface area contributed by atoms with Gasteiger partial charge in [0, 0.05) is 36.1 Å². The molecule has 2 rings (SSSR count). The van der Waals surface area contributed by atoms with E-state index in [0.717, 1.165) is 6.07 Å². The van der Waals surface area contributed by atoms with Crippen molar-refractivity contribution >= 4 is 21.6 Å². The Balaban J connectivity index is 2.30. The largest absolute Gasteiger partial charge is 0.326 e. The van der Waals surface area contributed by atoms with Gasteiger partial charge in [-0.3, -0.25) is 4.98 Å². The summed E-state index contributed by atoms with van der Waals surface area (Å²) in [4.78, 5) is 3.32. The first-order valence-electron chi connectivity index (χ1n) is 6.00. The van der Waals surface area contributed by atoms with Gasteiger partial charge in [0.1, 0.15) is 10.7 Å². The molecule has 21 heavy (non-hydrogen) atoms. The average Bonchev–Trinajstić information content (AvgIpc) is 2.48. The quantitative estimate of drug-likeness (QED) is 0.876. The zero-order valence-electron chi connectivity index (χ0n) is 10.9. The van der Waals surface area contributed by atoms with Crippen molar-refractivity contribution in [2.24, 2.45) is 5.73 Å². The van der Waals surface area contributed by atoms with Gasteiger partial charge in [0.25, 0.3) is 0 Å². The first kappa shape index (κ1) is 15.8. The van der Waals surface area contributed by atoms with Gasteiger partial charge in [0.2, 0.25) is 10.0 Å². The molecule has 5 nitrogen and oxygen atoms in total. The Morgan fingerprint density at radius 3 is 2.57 bits per heavy atom. The Labute approximate surface area is 127 Å². The van der Waals surface area contributed by atoms with Crippen molar-refractivity contribution in [3.63, 3.8) is 0 Å². The van der Waals surface area contributed by atoms with Gasteiger partial charge in [0.15, 0.2) is 0 Å². The molecule has 0 atom stereocenters. The van der Waals surface area contributed by atoms with Gasteiger partial charge in [-0.1, -0.05) is 11.6 Å². The van der Waals surface area contributed by atoms with E-state index in [1.165, 1.54) is 18.5 Å². The van der Waals surface area contributed by atoms with E-state index in [1.54, 1.807) is 12.1 Å². The molecule has 0 spiro atoms. The highest BCUT2D eigenvalue weighted by atomic mass is 35.5. The molecule has 112 valence electrons. The number of sulfonamides is 1. The van der Waals surface area contributed by atoms with Crippen LogP contribution in [0.2, 0.25) is 5.02 Å². The van der Waals surface area contributed by atoms with E-state index >= 15 is 0 Å². The van der Waals surface area contributed by atoms with Crippen LogP contribution in [0.15, 0.2) is 41.6 Å². The third kappa shape index (κ3) is 3.76. The SMILES string of the molecule is NCc1cc(Cl)cc(S(=O)(=O)NCc2ccncc2)c1F. The van der Waals surface area contributed by atoms with E-state index in [9.17, 15) is 12.8 Å². The smallest absolute Gasteiger partial charge is 0.243 e. The predicted octanol–water partition coefficient (Wildman–Crippen LogP) is 1.81. The summed E-state index contributed by atoms with van der Waals surface area (Å²) in [5.41, 5.74) is 6.13. The van der Waals surface area contributed by atoms with Gasteiger partial charge in [-0.15, -0.1) is 0 Å². The lowest BCUT2D eigenvalue weighted by molar-refractivity contribution is 0.549. The zero-order chi connectivity index (χ0) is 15.5. The topological polar surface area (TPSA) is 85.1 Å². The monoisotopic (exact) mass is 329 g/mol. The van der Waals surface area contributed by atoms with Crippen LogP contribution in [-0.2, 0) is 23.1 Å². The molecule has 0 aliphatic rings. The molecule has 0 saturated carbocycles. The molecule has 8 heteroatoms. The van der Waals surface area contributed by atoms with E-state index < -0.39 is 20.7 Å². The summed E-state index contributed by atoms with van der Waals surface area (Å²) in [7, 11) is -4.03. The molecule has 0 aliphatic carbocycles. The average molecular weight is 330 g/mol. The maximum Gasteiger partial charge on any atom is 0.243 e. The van der Waals surface area contributed by atoms with Gasteiger partial charge in [-0.05, 0) is 29.8 Å². The van der Waals surface area contributed by atoms with E-state index in [-0.39, 0.29) is 23.7 Å². The molecule has 2 aromatic rings. The molecule has 0 unspecified atom stereocenters. The number of hydrogen-bond acceptors (Lipinski definition) is 4. The first-order chi connectivity index (χ1) is 9.94. The molecule has 0 saturated heterocycles. The first-order valence-corrected chi connectivity index (χ1v) is 7.86. The minimum absolute atomic E-state index is 0.0226. The van der Waals surface area contributed by atoms with Crippen LogP contribution < -0.4 is 10.5 Å². The van der Waals surface area contributed by atoms with Crippen LogP contribution in [0.4, 0.5) is 4.39 Å². The number of nitrogens with zero attached hydrogens (tertiary/aromatic N) is 1. The van der Waals surface area contributed by atoms with E-state index in [2.05, 4.69) is 9.71 Å². The highest BCUT2D eigenvalue weighted by Crippen LogP contribution is 2.23. The second-order valence-electron chi connectivity index (χ2n) is 4.26. The van der Waals surface area contributed by atoms with Crippen molar-refractivity contribution in [2.45, 2.75) is 18.0 Å². The van der Waals surface area contributed by atoms with Crippen LogP contribution >= 0.6 is 11.6 Å². The Bertz CT molecular complexity index is 739. The summed E-state index contributed by atoms with van der Waals surface area (Å²) in [6.45, 7) is -0.117. The molecule has 0 bridgehead atoms. The van der Waals surface area contributed by atoms with Crippen LogP contribution in [-0.4, -0.2) is 13.4 Å². The van der Waals surface area contributed by atoms with E-state index in [1.807, 2.05) is 0 Å². The number of nitrogens with two attached hydrogens (primary N) is 1. The lowest BCUT2D eigenvalue weighted by Crippen LogP contribution is -2.24. The van der Waals surface area contributed by atoms with Crippen molar-refractivity contribution in [3.8, 4) is 0 Å². The maximum atomic E-state index is 14.1. The summed E-state index contributed by atoms with van der Waals surface area (Å²) in [5.74, 6) is -0.885. The van der Waals surface area contributed by atoms with Crippen molar-refractivity contribution in [2.75, 3.05) is 0 Å². The lowest BCUT2D eigenvalue weighted by atomic mass is 10.2. The minimum Gasteiger partial charge on any atom is -0.326 e. The molecule has 0 amide bonds. The van der Waals surface area contributed by atoms with Crippen LogP contribution in [0.5, 0.6) is 0 Å². The second kappa shape index (κ2) is 6.48.